The fourth-order valence-corrected chi connectivity index (χ4v) is 8.45. The molecule has 1 unspecified atom stereocenters. The predicted molar refractivity (Wildman–Crippen MR) is 159 cm³/mol. The number of fused-ring (bicyclic) bond motifs is 3. The lowest BCUT2D eigenvalue weighted by atomic mass is 10.0. The number of hydrogen-bond acceptors (Lipinski definition) is 7. The summed E-state index contributed by atoms with van der Waals surface area (Å²) in [7, 11) is -4.07. The number of hydrogen-bond donors (Lipinski definition) is 3. The molecule has 0 spiro atoms. The van der Waals surface area contributed by atoms with Crippen molar-refractivity contribution in [1.29, 1.82) is 0 Å². The lowest BCUT2D eigenvalue weighted by Crippen LogP contribution is -2.61. The van der Waals surface area contributed by atoms with Gasteiger partial charge in [-0.3, -0.25) is 14.8 Å². The zero-order valence-electron chi connectivity index (χ0n) is 23.4. The fourth-order valence-electron chi connectivity index (χ4n) is 5.32. The van der Waals surface area contributed by atoms with Crippen molar-refractivity contribution in [3.8, 4) is 0 Å². The molecule has 218 valence electrons. The molecular formula is C29H39N3O6S2. The highest BCUT2D eigenvalue weighted by Crippen LogP contribution is 2.39. The van der Waals surface area contributed by atoms with E-state index in [2.05, 4.69) is 12.2 Å². The van der Waals surface area contributed by atoms with Crippen LogP contribution in [0.2, 0.25) is 0 Å². The van der Waals surface area contributed by atoms with E-state index in [1.165, 1.54) is 43.5 Å². The number of sulfonamides is 1. The molecule has 0 radical (unpaired) electrons. The van der Waals surface area contributed by atoms with Gasteiger partial charge in [0.15, 0.2) is 0 Å². The third kappa shape index (κ3) is 6.64. The molecule has 0 bridgehead atoms. The molecule has 3 N–H and O–H groups in total. The Balaban J connectivity index is 1.51. The van der Waals surface area contributed by atoms with Gasteiger partial charge in [0, 0.05) is 46.0 Å². The molecule has 9 nitrogen and oxygen atoms in total. The maximum atomic E-state index is 13.7. The number of nitrogens with zero attached hydrogens (tertiary/aromatic N) is 1. The summed E-state index contributed by atoms with van der Waals surface area (Å²) in [4.78, 5) is 25.0. The Morgan fingerprint density at radius 1 is 1.02 bits per heavy atom. The Labute approximate surface area is 240 Å². The number of benzene rings is 2. The first-order chi connectivity index (χ1) is 19.1. The number of thioether (sulfide) groups is 1. The molecule has 4 rings (SSSR count). The number of unbranched alkanes of at least 4 members (excludes halogenated alkanes) is 6. The minimum absolute atomic E-state index is 0.0354. The van der Waals surface area contributed by atoms with Gasteiger partial charge >= 0.3 is 0 Å². The fraction of sp³-hybridized carbons (Fsp3) is 0.517. The van der Waals surface area contributed by atoms with Gasteiger partial charge in [-0.1, -0.05) is 45.4 Å². The minimum Gasteiger partial charge on any atom is -0.456 e. The van der Waals surface area contributed by atoms with E-state index in [0.717, 1.165) is 29.0 Å². The van der Waals surface area contributed by atoms with Crippen molar-refractivity contribution < 1.29 is 27.6 Å². The molecule has 3 aromatic rings. The number of anilines is 1. The minimum atomic E-state index is -4.07. The van der Waals surface area contributed by atoms with Crippen LogP contribution in [0.15, 0.2) is 45.7 Å². The summed E-state index contributed by atoms with van der Waals surface area (Å²) in [5.41, 5.74) is 3.30. The van der Waals surface area contributed by atoms with Crippen molar-refractivity contribution in [2.24, 2.45) is 0 Å². The molecule has 11 heteroatoms. The first kappa shape index (κ1) is 30.4. The van der Waals surface area contributed by atoms with Crippen LogP contribution in [0.3, 0.4) is 0 Å². The molecule has 1 saturated heterocycles. The highest BCUT2D eigenvalue weighted by Gasteiger charge is 2.48. The Morgan fingerprint density at radius 3 is 2.48 bits per heavy atom. The van der Waals surface area contributed by atoms with Crippen LogP contribution >= 0.6 is 11.8 Å². The molecule has 0 saturated carbocycles. The number of furan rings is 1. The number of carbonyl (C=O) groups is 2. The number of hydroxylamine groups is 1. The SMILES string of the molecule is CCCCCCCCCC(=O)Nc1ccc2c(c1)oc1ccc(S(=O)(=O)N3CCSC(C)(C)C3C(=O)NO)cc12. The standard InChI is InChI=1S/C29H39N3O6S2/c1-4-5-6-7-8-9-10-11-26(33)30-20-12-14-22-23-19-21(13-15-24(23)38-25(22)18-20)40(36,37)32-16-17-39-29(2,3)27(32)28(34)31-35/h12-15,18-19,27,35H,4-11,16-17H2,1-3H3,(H,30,33)(H,31,34). The first-order valence-corrected chi connectivity index (χ1v) is 16.4. The van der Waals surface area contributed by atoms with E-state index in [1.807, 2.05) is 6.07 Å². The van der Waals surface area contributed by atoms with Gasteiger partial charge in [-0.25, -0.2) is 13.9 Å². The van der Waals surface area contributed by atoms with Gasteiger partial charge in [0.25, 0.3) is 5.91 Å². The number of amides is 2. The van der Waals surface area contributed by atoms with Crippen LogP contribution in [0.25, 0.3) is 21.9 Å². The normalized spacial score (nSPS) is 17.8. The van der Waals surface area contributed by atoms with Crippen LogP contribution in [0, 0.1) is 0 Å². The third-order valence-corrected chi connectivity index (χ3v) is 10.6. The summed E-state index contributed by atoms with van der Waals surface area (Å²) < 4.78 is 33.9. The van der Waals surface area contributed by atoms with Crippen LogP contribution in [-0.4, -0.2) is 52.8 Å². The molecular weight excluding hydrogens is 550 g/mol. The monoisotopic (exact) mass is 589 g/mol. The number of carbonyl (C=O) groups excluding carboxylic acids is 2. The van der Waals surface area contributed by atoms with E-state index >= 15 is 0 Å². The van der Waals surface area contributed by atoms with E-state index < -0.39 is 26.7 Å². The molecule has 1 aromatic heterocycles. The quantitative estimate of drug-likeness (QED) is 0.133. The Morgan fingerprint density at radius 2 is 1.75 bits per heavy atom. The van der Waals surface area contributed by atoms with Crippen LogP contribution in [0.5, 0.6) is 0 Å². The number of rotatable bonds is 12. The summed E-state index contributed by atoms with van der Waals surface area (Å²) in [5, 5.41) is 13.6. The van der Waals surface area contributed by atoms with Gasteiger partial charge in [-0.05, 0) is 50.6 Å². The van der Waals surface area contributed by atoms with Crippen molar-refractivity contribution in [2.45, 2.75) is 87.8 Å². The molecule has 1 aliphatic heterocycles. The summed E-state index contributed by atoms with van der Waals surface area (Å²) in [6.07, 6.45) is 8.48. The molecule has 2 heterocycles. The highest BCUT2D eigenvalue weighted by atomic mass is 32.2. The Bertz CT molecular complexity index is 1470. The zero-order chi connectivity index (χ0) is 28.9. The molecule has 1 aliphatic rings. The van der Waals surface area contributed by atoms with E-state index in [0.29, 0.717) is 34.4 Å². The lowest BCUT2D eigenvalue weighted by molar-refractivity contribution is -0.134. The van der Waals surface area contributed by atoms with Gasteiger partial charge in [0.1, 0.15) is 17.2 Å². The van der Waals surface area contributed by atoms with Gasteiger partial charge in [-0.15, -0.1) is 0 Å². The number of nitrogens with one attached hydrogen (secondary N) is 2. The smallest absolute Gasteiger partial charge is 0.263 e. The van der Waals surface area contributed by atoms with E-state index in [4.69, 9.17) is 4.42 Å². The molecule has 1 atom stereocenters. The van der Waals surface area contributed by atoms with E-state index in [1.54, 1.807) is 43.6 Å². The maximum absolute atomic E-state index is 13.7. The van der Waals surface area contributed by atoms with Crippen molar-refractivity contribution in [1.82, 2.24) is 9.79 Å². The van der Waals surface area contributed by atoms with Crippen molar-refractivity contribution in [3.63, 3.8) is 0 Å². The van der Waals surface area contributed by atoms with Crippen molar-refractivity contribution >= 4 is 61.2 Å². The zero-order valence-corrected chi connectivity index (χ0v) is 25.0. The molecule has 40 heavy (non-hydrogen) atoms. The third-order valence-electron chi connectivity index (χ3n) is 7.43. The summed E-state index contributed by atoms with van der Waals surface area (Å²) in [6, 6.07) is 8.89. The van der Waals surface area contributed by atoms with Crippen LogP contribution in [0.1, 0.15) is 72.1 Å². The second-order valence-corrected chi connectivity index (χ2v) is 14.5. The van der Waals surface area contributed by atoms with Gasteiger partial charge in [0.05, 0.1) is 4.90 Å². The topological polar surface area (TPSA) is 129 Å². The highest BCUT2D eigenvalue weighted by molar-refractivity contribution is 8.01. The summed E-state index contributed by atoms with van der Waals surface area (Å²) >= 11 is 1.48. The predicted octanol–water partition coefficient (Wildman–Crippen LogP) is 6.06. The van der Waals surface area contributed by atoms with Crippen LogP contribution < -0.4 is 10.8 Å². The second kappa shape index (κ2) is 12.9. The molecule has 0 aliphatic carbocycles. The molecule has 2 amide bonds. The average molecular weight is 590 g/mol. The van der Waals surface area contributed by atoms with Crippen LogP contribution in [-0.2, 0) is 19.6 Å². The Kier molecular flexibility index (Phi) is 9.81. The second-order valence-electron chi connectivity index (χ2n) is 10.8. The van der Waals surface area contributed by atoms with Crippen molar-refractivity contribution in [2.75, 3.05) is 17.6 Å². The molecule has 1 fully saturated rings. The summed E-state index contributed by atoms with van der Waals surface area (Å²) in [5.74, 6) is -0.287. The summed E-state index contributed by atoms with van der Waals surface area (Å²) in [6.45, 7) is 5.91. The van der Waals surface area contributed by atoms with Gasteiger partial charge < -0.3 is 9.73 Å². The first-order valence-electron chi connectivity index (χ1n) is 13.9. The average Bonchev–Trinajstić information content (AvgIpc) is 3.28. The van der Waals surface area contributed by atoms with E-state index in [9.17, 15) is 23.2 Å². The lowest BCUT2D eigenvalue weighted by Gasteiger charge is -2.43. The van der Waals surface area contributed by atoms with Gasteiger partial charge in [0.2, 0.25) is 15.9 Å². The van der Waals surface area contributed by atoms with Gasteiger partial charge in [-0.2, -0.15) is 16.1 Å². The van der Waals surface area contributed by atoms with Crippen LogP contribution in [0.4, 0.5) is 5.69 Å². The van der Waals surface area contributed by atoms with E-state index in [-0.39, 0.29) is 17.3 Å². The maximum Gasteiger partial charge on any atom is 0.263 e. The Hall–Kier alpha value is -2.60. The van der Waals surface area contributed by atoms with Crippen molar-refractivity contribution in [3.05, 3.63) is 36.4 Å². The largest absolute Gasteiger partial charge is 0.456 e. The molecule has 2 aromatic carbocycles.